The predicted molar refractivity (Wildman–Crippen MR) is 137 cm³/mol. The zero-order chi connectivity index (χ0) is 23.1. The number of nitrogens with zero attached hydrogens (tertiary/aromatic N) is 3. The Bertz CT molecular complexity index is 1250. The van der Waals surface area contributed by atoms with Crippen LogP contribution in [0.1, 0.15) is 62.0 Å². The summed E-state index contributed by atoms with van der Waals surface area (Å²) in [4.78, 5) is 36.2. The molecule has 3 aromatic rings. The Hall–Kier alpha value is -2.12. The molecule has 0 bridgehead atoms. The van der Waals surface area contributed by atoms with Crippen LogP contribution < -0.4 is 5.56 Å². The van der Waals surface area contributed by atoms with Crippen molar-refractivity contribution in [3.8, 4) is 5.69 Å². The van der Waals surface area contributed by atoms with Gasteiger partial charge in [-0.05, 0) is 89.0 Å². The minimum Gasteiger partial charge on any atom is -0.337 e. The van der Waals surface area contributed by atoms with Gasteiger partial charge in [-0.3, -0.25) is 14.2 Å². The van der Waals surface area contributed by atoms with Gasteiger partial charge in [-0.25, -0.2) is 4.98 Å². The number of hydrogen-bond acceptors (Lipinski definition) is 5. The van der Waals surface area contributed by atoms with Crippen LogP contribution in [0.3, 0.4) is 0 Å². The number of rotatable bonds is 4. The van der Waals surface area contributed by atoms with Gasteiger partial charge in [0.15, 0.2) is 5.16 Å². The van der Waals surface area contributed by atoms with Gasteiger partial charge in [0, 0.05) is 17.0 Å². The minimum absolute atomic E-state index is 0.000317. The summed E-state index contributed by atoms with van der Waals surface area (Å²) in [6.45, 7) is 6.31. The molecule has 174 valence electrons. The molecule has 1 fully saturated rings. The fraction of sp³-hybridized carbons (Fsp3) is 0.500. The molecule has 7 heteroatoms. The summed E-state index contributed by atoms with van der Waals surface area (Å²) in [5.74, 6) is 0.430. The van der Waals surface area contributed by atoms with Gasteiger partial charge in [-0.15, -0.1) is 11.3 Å². The lowest BCUT2D eigenvalue weighted by atomic mass is 9.97. The van der Waals surface area contributed by atoms with E-state index in [1.54, 1.807) is 15.9 Å². The monoisotopic (exact) mass is 481 g/mol. The number of amides is 1. The largest absolute Gasteiger partial charge is 0.337 e. The number of hydrogen-bond donors (Lipinski definition) is 0. The van der Waals surface area contributed by atoms with Crippen LogP contribution in [0.4, 0.5) is 0 Å². The zero-order valence-corrected chi connectivity index (χ0v) is 21.2. The lowest BCUT2D eigenvalue weighted by molar-refractivity contribution is -0.134. The second kappa shape index (κ2) is 9.26. The maximum atomic E-state index is 13.9. The molecule has 2 aromatic heterocycles. The molecule has 5 rings (SSSR count). The molecule has 0 saturated carbocycles. The van der Waals surface area contributed by atoms with E-state index in [4.69, 9.17) is 4.98 Å². The van der Waals surface area contributed by atoms with E-state index in [-0.39, 0.29) is 23.6 Å². The van der Waals surface area contributed by atoms with Crippen molar-refractivity contribution in [3.63, 3.8) is 0 Å². The fourth-order valence-electron chi connectivity index (χ4n) is 5.39. The SMILES string of the molecule is Cc1cccc(-n2c(SCC(=O)N3[C@H](C)CCC[C@H]3C)nc3sc4c(c3c2=O)CCCC4)c1. The van der Waals surface area contributed by atoms with Gasteiger partial charge in [0.05, 0.1) is 16.8 Å². The Labute approximate surface area is 203 Å². The summed E-state index contributed by atoms with van der Waals surface area (Å²) < 4.78 is 1.73. The molecule has 5 nitrogen and oxygen atoms in total. The molecule has 2 aliphatic rings. The molecule has 0 N–H and O–H groups in total. The number of piperidine rings is 1. The highest BCUT2D eigenvalue weighted by molar-refractivity contribution is 7.99. The first-order valence-corrected chi connectivity index (χ1v) is 13.8. The Kier molecular flexibility index (Phi) is 6.36. The molecule has 33 heavy (non-hydrogen) atoms. The third-order valence-corrected chi connectivity index (χ3v) is 9.13. The van der Waals surface area contributed by atoms with Crippen molar-refractivity contribution >= 4 is 39.2 Å². The van der Waals surface area contributed by atoms with Crippen molar-refractivity contribution in [2.75, 3.05) is 5.75 Å². The van der Waals surface area contributed by atoms with Crippen molar-refractivity contribution in [1.29, 1.82) is 0 Å². The lowest BCUT2D eigenvalue weighted by Crippen LogP contribution is -2.48. The molecule has 1 aliphatic carbocycles. The van der Waals surface area contributed by atoms with Gasteiger partial charge in [-0.2, -0.15) is 0 Å². The van der Waals surface area contributed by atoms with E-state index < -0.39 is 0 Å². The second-order valence-corrected chi connectivity index (χ2v) is 11.5. The Morgan fingerprint density at radius 3 is 2.67 bits per heavy atom. The number of thiophene rings is 1. The maximum Gasteiger partial charge on any atom is 0.267 e. The molecule has 0 unspecified atom stereocenters. The van der Waals surface area contributed by atoms with Crippen LogP contribution in [0.25, 0.3) is 15.9 Å². The molecule has 0 spiro atoms. The van der Waals surface area contributed by atoms with Crippen molar-refractivity contribution in [2.24, 2.45) is 0 Å². The van der Waals surface area contributed by atoms with Crippen LogP contribution in [-0.4, -0.2) is 38.2 Å². The summed E-state index contributed by atoms with van der Waals surface area (Å²) in [6, 6.07) is 8.51. The third-order valence-electron chi connectivity index (χ3n) is 7.02. The van der Waals surface area contributed by atoms with Crippen LogP contribution in [0.2, 0.25) is 0 Å². The quantitative estimate of drug-likeness (QED) is 0.364. The number of likely N-dealkylation sites (tertiary alicyclic amines) is 1. The summed E-state index contributed by atoms with van der Waals surface area (Å²) in [6.07, 6.45) is 7.57. The molecule has 1 aliphatic heterocycles. The van der Waals surface area contributed by atoms with Crippen molar-refractivity contribution in [1.82, 2.24) is 14.5 Å². The molecular weight excluding hydrogens is 450 g/mol. The summed E-state index contributed by atoms with van der Waals surface area (Å²) in [7, 11) is 0. The number of aromatic nitrogens is 2. The second-order valence-electron chi connectivity index (χ2n) is 9.48. The maximum absolute atomic E-state index is 13.9. The molecule has 2 atom stereocenters. The highest BCUT2D eigenvalue weighted by atomic mass is 32.2. The number of aryl methyl sites for hydroxylation is 3. The molecule has 1 saturated heterocycles. The number of fused-ring (bicyclic) bond motifs is 3. The van der Waals surface area contributed by atoms with Gasteiger partial charge < -0.3 is 4.90 Å². The number of carbonyl (C=O) groups excluding carboxylic acids is 1. The van der Waals surface area contributed by atoms with Crippen LogP contribution >= 0.6 is 23.1 Å². The van der Waals surface area contributed by atoms with Crippen molar-refractivity contribution in [2.45, 2.75) is 83.0 Å². The molecule has 1 amide bonds. The van der Waals surface area contributed by atoms with Gasteiger partial charge in [0.1, 0.15) is 4.83 Å². The fourth-order valence-corrected chi connectivity index (χ4v) is 7.58. The van der Waals surface area contributed by atoms with Crippen LogP contribution in [-0.2, 0) is 17.6 Å². The van der Waals surface area contributed by atoms with Crippen molar-refractivity contribution < 1.29 is 4.79 Å². The molecule has 3 heterocycles. The summed E-state index contributed by atoms with van der Waals surface area (Å²) >= 11 is 3.06. The van der Waals surface area contributed by atoms with Crippen LogP contribution in [0, 0.1) is 6.92 Å². The average molecular weight is 482 g/mol. The number of thioether (sulfide) groups is 1. The first-order chi connectivity index (χ1) is 15.9. The first-order valence-electron chi connectivity index (χ1n) is 12.0. The van der Waals surface area contributed by atoms with Crippen molar-refractivity contribution in [3.05, 3.63) is 50.6 Å². The first kappa shape index (κ1) is 22.7. The predicted octanol–water partition coefficient (Wildman–Crippen LogP) is 5.52. The minimum atomic E-state index is -0.000317. The highest BCUT2D eigenvalue weighted by Gasteiger charge is 2.29. The average Bonchev–Trinajstić information content (AvgIpc) is 3.16. The van der Waals surface area contributed by atoms with E-state index in [1.807, 2.05) is 36.1 Å². The van der Waals surface area contributed by atoms with Gasteiger partial charge in [0.25, 0.3) is 5.56 Å². The third kappa shape index (κ3) is 4.26. The Morgan fingerprint density at radius 2 is 1.91 bits per heavy atom. The Morgan fingerprint density at radius 1 is 1.15 bits per heavy atom. The summed E-state index contributed by atoms with van der Waals surface area (Å²) in [5.41, 5.74) is 3.11. The molecule has 0 radical (unpaired) electrons. The highest BCUT2D eigenvalue weighted by Crippen LogP contribution is 2.35. The van der Waals surface area contributed by atoms with Gasteiger partial charge in [0.2, 0.25) is 5.91 Å². The van der Waals surface area contributed by atoms with Gasteiger partial charge >= 0.3 is 0 Å². The Balaban J connectivity index is 1.56. The smallest absolute Gasteiger partial charge is 0.267 e. The van der Waals surface area contributed by atoms with Crippen LogP contribution in [0.5, 0.6) is 0 Å². The molecule has 1 aromatic carbocycles. The lowest BCUT2D eigenvalue weighted by Gasteiger charge is -2.39. The summed E-state index contributed by atoms with van der Waals surface area (Å²) in [5, 5.41) is 1.40. The van der Waals surface area contributed by atoms with E-state index in [9.17, 15) is 9.59 Å². The van der Waals surface area contributed by atoms with E-state index in [2.05, 4.69) is 13.8 Å². The van der Waals surface area contributed by atoms with E-state index in [0.29, 0.717) is 10.9 Å². The standard InChI is InChI=1S/C26H31N3O2S2/c1-16-8-6-11-19(14-16)29-25(31)23-20-12-4-5-13-21(20)33-24(23)27-26(29)32-15-22(30)28-17(2)9-7-10-18(28)3/h6,8,11,14,17-18H,4-5,7,9-10,12-13,15H2,1-3H3/t17-,18-/m1/s1. The van der Waals surface area contributed by atoms with Crippen LogP contribution in [0.15, 0.2) is 34.2 Å². The number of benzene rings is 1. The number of carbonyl (C=O) groups is 1. The zero-order valence-electron chi connectivity index (χ0n) is 19.6. The van der Waals surface area contributed by atoms with E-state index in [0.717, 1.165) is 53.6 Å². The van der Waals surface area contributed by atoms with Gasteiger partial charge in [-0.1, -0.05) is 23.9 Å². The van der Waals surface area contributed by atoms with E-state index >= 15 is 0 Å². The topological polar surface area (TPSA) is 55.2 Å². The van der Waals surface area contributed by atoms with E-state index in [1.165, 1.54) is 35.0 Å². The molecular formula is C26H31N3O2S2. The normalized spacial score (nSPS) is 20.8.